The first kappa shape index (κ1) is 18.8. The minimum atomic E-state index is -0.390. The van der Waals surface area contributed by atoms with Gasteiger partial charge >= 0.3 is 5.63 Å². The molecule has 4 rings (SSSR count). The number of rotatable bonds is 5. The zero-order valence-electron chi connectivity index (χ0n) is 15.4. The fourth-order valence-corrected chi connectivity index (χ4v) is 4.06. The van der Waals surface area contributed by atoms with Crippen molar-refractivity contribution in [3.05, 3.63) is 74.6 Å². The number of aryl methyl sites for hydroxylation is 2. The summed E-state index contributed by atoms with van der Waals surface area (Å²) >= 11 is 7.72. The van der Waals surface area contributed by atoms with E-state index in [1.165, 1.54) is 17.8 Å². The molecule has 0 bridgehead atoms. The fourth-order valence-electron chi connectivity index (χ4n) is 3.01. The van der Waals surface area contributed by atoms with Gasteiger partial charge in [-0.2, -0.15) is 0 Å². The maximum Gasteiger partial charge on any atom is 0.336 e. The summed E-state index contributed by atoms with van der Waals surface area (Å²) in [5.74, 6) is 0.966. The first-order valence-electron chi connectivity index (χ1n) is 8.82. The van der Waals surface area contributed by atoms with Crippen molar-refractivity contribution in [1.82, 2.24) is 10.2 Å². The highest BCUT2D eigenvalue weighted by atomic mass is 35.5. The lowest BCUT2D eigenvalue weighted by Gasteiger charge is -2.07. The molecule has 2 aromatic carbocycles. The van der Waals surface area contributed by atoms with E-state index in [4.69, 9.17) is 20.4 Å². The molecule has 0 saturated carbocycles. The molecule has 0 aliphatic rings. The van der Waals surface area contributed by atoms with E-state index in [0.717, 1.165) is 34.1 Å². The molecule has 0 radical (unpaired) electrons. The largest absolute Gasteiger partial charge is 0.423 e. The Balaban J connectivity index is 1.62. The lowest BCUT2D eigenvalue weighted by Crippen LogP contribution is -2.00. The van der Waals surface area contributed by atoms with Crippen LogP contribution in [0.5, 0.6) is 0 Å². The van der Waals surface area contributed by atoms with Crippen LogP contribution in [0.25, 0.3) is 22.4 Å². The number of nitrogens with zero attached hydrogens (tertiary/aromatic N) is 2. The van der Waals surface area contributed by atoms with Crippen molar-refractivity contribution in [2.24, 2.45) is 0 Å². The maximum absolute atomic E-state index is 12.0. The molecule has 142 valence electrons. The molecule has 0 amide bonds. The molecule has 4 aromatic rings. The Morgan fingerprint density at radius 3 is 2.68 bits per heavy atom. The van der Waals surface area contributed by atoms with E-state index in [0.29, 0.717) is 27.5 Å². The Morgan fingerprint density at radius 2 is 1.89 bits per heavy atom. The second-order valence-corrected chi connectivity index (χ2v) is 7.69. The van der Waals surface area contributed by atoms with Gasteiger partial charge in [-0.15, -0.1) is 10.2 Å². The van der Waals surface area contributed by atoms with Gasteiger partial charge in [-0.3, -0.25) is 0 Å². The molecule has 0 unspecified atom stereocenters. The Kier molecular flexibility index (Phi) is 5.24. The van der Waals surface area contributed by atoms with E-state index in [-0.39, 0.29) is 0 Å². The Hall–Kier alpha value is -2.57. The summed E-state index contributed by atoms with van der Waals surface area (Å²) in [5, 5.41) is 10.2. The lowest BCUT2D eigenvalue weighted by atomic mass is 10.1. The molecule has 0 aliphatic heterocycles. The van der Waals surface area contributed by atoms with Gasteiger partial charge in [0, 0.05) is 27.8 Å². The monoisotopic (exact) mass is 412 g/mol. The van der Waals surface area contributed by atoms with Crippen molar-refractivity contribution in [2.75, 3.05) is 0 Å². The van der Waals surface area contributed by atoms with Gasteiger partial charge in [0.15, 0.2) is 0 Å². The van der Waals surface area contributed by atoms with E-state index in [1.54, 1.807) is 0 Å². The van der Waals surface area contributed by atoms with Crippen LogP contribution in [-0.2, 0) is 12.2 Å². The molecule has 0 fully saturated rings. The van der Waals surface area contributed by atoms with Gasteiger partial charge in [-0.05, 0) is 48.2 Å². The summed E-state index contributed by atoms with van der Waals surface area (Å²) in [6.07, 6.45) is 0.765. The molecule has 28 heavy (non-hydrogen) atoms. The van der Waals surface area contributed by atoms with Crippen LogP contribution in [0.4, 0.5) is 0 Å². The number of thioether (sulfide) groups is 1. The summed E-state index contributed by atoms with van der Waals surface area (Å²) < 4.78 is 11.1. The topological polar surface area (TPSA) is 69.1 Å². The van der Waals surface area contributed by atoms with Crippen LogP contribution >= 0.6 is 23.4 Å². The summed E-state index contributed by atoms with van der Waals surface area (Å²) in [6, 6.07) is 13.0. The van der Waals surface area contributed by atoms with E-state index < -0.39 is 5.63 Å². The highest BCUT2D eigenvalue weighted by molar-refractivity contribution is 7.98. The van der Waals surface area contributed by atoms with Crippen molar-refractivity contribution in [1.29, 1.82) is 0 Å². The van der Waals surface area contributed by atoms with Gasteiger partial charge in [0.1, 0.15) is 5.58 Å². The van der Waals surface area contributed by atoms with Crippen molar-refractivity contribution in [3.8, 4) is 11.5 Å². The summed E-state index contributed by atoms with van der Waals surface area (Å²) in [4.78, 5) is 12.0. The van der Waals surface area contributed by atoms with Crippen molar-refractivity contribution >= 4 is 34.3 Å². The third-order valence-corrected chi connectivity index (χ3v) is 5.73. The van der Waals surface area contributed by atoms with E-state index >= 15 is 0 Å². The molecule has 2 aromatic heterocycles. The van der Waals surface area contributed by atoms with Crippen LogP contribution in [0.1, 0.15) is 23.6 Å². The van der Waals surface area contributed by atoms with Crippen molar-refractivity contribution in [2.45, 2.75) is 31.2 Å². The Morgan fingerprint density at radius 1 is 1.07 bits per heavy atom. The molecular weight excluding hydrogens is 396 g/mol. The number of fused-ring (bicyclic) bond motifs is 1. The number of aromatic nitrogens is 2. The molecule has 0 spiro atoms. The number of hydrogen-bond acceptors (Lipinski definition) is 6. The first-order chi connectivity index (χ1) is 13.5. The van der Waals surface area contributed by atoms with Crippen LogP contribution in [0, 0.1) is 6.92 Å². The third-order valence-electron chi connectivity index (χ3n) is 4.51. The van der Waals surface area contributed by atoms with Crippen LogP contribution in [0.15, 0.2) is 61.3 Å². The first-order valence-corrected chi connectivity index (χ1v) is 10.2. The van der Waals surface area contributed by atoms with E-state index in [2.05, 4.69) is 10.2 Å². The highest BCUT2D eigenvalue weighted by Gasteiger charge is 2.14. The van der Waals surface area contributed by atoms with E-state index in [1.807, 2.05) is 50.2 Å². The molecule has 7 heteroatoms. The van der Waals surface area contributed by atoms with E-state index in [9.17, 15) is 4.79 Å². The van der Waals surface area contributed by atoms with Crippen LogP contribution in [-0.4, -0.2) is 10.2 Å². The number of hydrogen-bond donors (Lipinski definition) is 0. The van der Waals surface area contributed by atoms with Gasteiger partial charge in [-0.1, -0.05) is 48.5 Å². The smallest absolute Gasteiger partial charge is 0.336 e. The summed E-state index contributed by atoms with van der Waals surface area (Å²) in [6.45, 7) is 4.00. The van der Waals surface area contributed by atoms with Crippen molar-refractivity contribution < 1.29 is 8.83 Å². The molecule has 0 saturated heterocycles. The predicted octanol–water partition coefficient (Wildman–Crippen LogP) is 5.66. The normalized spacial score (nSPS) is 11.2. The maximum atomic E-state index is 12.0. The molecular formula is C21H17ClN2O3S. The van der Waals surface area contributed by atoms with Gasteiger partial charge in [0.25, 0.3) is 5.22 Å². The average molecular weight is 413 g/mol. The number of halogens is 1. The van der Waals surface area contributed by atoms with Crippen LogP contribution in [0.3, 0.4) is 0 Å². The quantitative estimate of drug-likeness (QED) is 0.311. The van der Waals surface area contributed by atoms with Gasteiger partial charge in [0.05, 0.1) is 0 Å². The fraction of sp³-hybridized carbons (Fsp3) is 0.190. The van der Waals surface area contributed by atoms with Gasteiger partial charge in [0.2, 0.25) is 5.89 Å². The minimum Gasteiger partial charge on any atom is -0.423 e. The summed E-state index contributed by atoms with van der Waals surface area (Å²) in [5.41, 5.74) is 3.88. The molecule has 0 atom stereocenters. The molecule has 0 aliphatic carbocycles. The zero-order valence-corrected chi connectivity index (χ0v) is 16.9. The average Bonchev–Trinajstić information content (AvgIpc) is 3.15. The standard InChI is InChI=1S/C21H17ClN2O3S/c1-3-13-8-18-16(10-17(13)22)14(9-19(25)26-18)11-28-21-24-23-20(27-21)15-7-5-4-6-12(15)2/h4-10H,3,11H2,1-2H3. The minimum absolute atomic E-state index is 0.390. The SMILES string of the molecule is CCc1cc2oc(=O)cc(CSc3nnc(-c4ccccc4C)o3)c2cc1Cl. The van der Waals surface area contributed by atoms with Crippen LogP contribution < -0.4 is 5.63 Å². The predicted molar refractivity (Wildman–Crippen MR) is 111 cm³/mol. The number of benzene rings is 2. The molecule has 5 nitrogen and oxygen atoms in total. The van der Waals surface area contributed by atoms with Gasteiger partial charge in [-0.25, -0.2) is 4.79 Å². The second kappa shape index (κ2) is 7.81. The second-order valence-electron chi connectivity index (χ2n) is 6.36. The Bertz CT molecular complexity index is 1220. The third kappa shape index (κ3) is 3.70. The zero-order chi connectivity index (χ0) is 19.7. The summed E-state index contributed by atoms with van der Waals surface area (Å²) in [7, 11) is 0. The highest BCUT2D eigenvalue weighted by Crippen LogP contribution is 2.31. The lowest BCUT2D eigenvalue weighted by molar-refractivity contribution is 0.465. The molecule has 2 heterocycles. The van der Waals surface area contributed by atoms with Gasteiger partial charge < -0.3 is 8.83 Å². The van der Waals surface area contributed by atoms with Crippen LogP contribution in [0.2, 0.25) is 5.02 Å². The molecule has 0 N–H and O–H groups in total. The Labute approximate surface area is 170 Å². The van der Waals surface area contributed by atoms with Crippen molar-refractivity contribution in [3.63, 3.8) is 0 Å².